The quantitative estimate of drug-likeness (QED) is 0.209. The first-order valence-electron chi connectivity index (χ1n) is 16.2. The second-order valence-electron chi connectivity index (χ2n) is 10.0. The van der Waals surface area contributed by atoms with Gasteiger partial charge < -0.3 is 35.1 Å². The molecule has 1 unspecified atom stereocenters. The lowest BCUT2D eigenvalue weighted by Crippen LogP contribution is -2.53. The lowest BCUT2D eigenvalue weighted by molar-refractivity contribution is -0.134. The highest BCUT2D eigenvalue weighted by molar-refractivity contribution is 5.97. The number of hydrogen-bond donors (Lipinski definition) is 4. The van der Waals surface area contributed by atoms with Gasteiger partial charge in [-0.3, -0.25) is 19.2 Å². The van der Waals surface area contributed by atoms with E-state index in [-0.39, 0.29) is 36.3 Å². The molecule has 4 N–H and O–H groups in total. The minimum absolute atomic E-state index is 0.0576. The fraction of sp³-hybridized carbons (Fsp3) is 0.788. The van der Waals surface area contributed by atoms with Crippen LogP contribution in [0.2, 0.25) is 0 Å². The summed E-state index contributed by atoms with van der Waals surface area (Å²) in [6.07, 6.45) is 2.37. The van der Waals surface area contributed by atoms with E-state index in [1.807, 2.05) is 76.2 Å². The number of rotatable bonds is 14. The predicted molar refractivity (Wildman–Crippen MR) is 182 cm³/mol. The Morgan fingerprint density at radius 2 is 1.42 bits per heavy atom. The highest BCUT2D eigenvalue weighted by Crippen LogP contribution is 2.25. The smallest absolute Gasteiger partial charge is 0.274 e. The Kier molecular flexibility index (Phi) is 39.1. The number of aliphatic hydroxyl groups is 1. The van der Waals surface area contributed by atoms with Crippen LogP contribution in [0.5, 0.6) is 0 Å². The zero-order valence-corrected chi connectivity index (χ0v) is 31.3. The highest BCUT2D eigenvalue weighted by atomic mass is 16.5. The van der Waals surface area contributed by atoms with Gasteiger partial charge in [0.25, 0.3) is 5.91 Å². The van der Waals surface area contributed by atoms with Crippen LogP contribution in [-0.2, 0) is 30.5 Å². The van der Waals surface area contributed by atoms with E-state index in [4.69, 9.17) is 14.4 Å². The van der Waals surface area contributed by atoms with Gasteiger partial charge in [0.05, 0.1) is 19.2 Å². The minimum Gasteiger partial charge on any atom is -0.388 e. The Morgan fingerprint density at radius 1 is 0.933 bits per heavy atom. The first kappa shape index (κ1) is 51.7. The fourth-order valence-corrected chi connectivity index (χ4v) is 2.96. The van der Waals surface area contributed by atoms with Crippen molar-refractivity contribution in [3.63, 3.8) is 0 Å². The van der Waals surface area contributed by atoms with Crippen molar-refractivity contribution in [3.8, 4) is 0 Å². The molecular weight excluding hydrogens is 580 g/mol. The second-order valence-corrected chi connectivity index (χ2v) is 10.0. The Morgan fingerprint density at radius 3 is 1.80 bits per heavy atom. The molecule has 0 saturated heterocycles. The number of aromatic nitrogens is 1. The lowest BCUT2D eigenvalue weighted by atomic mass is 9.80. The topological polar surface area (TPSA) is 169 Å². The Balaban J connectivity index is -0.000000389. The van der Waals surface area contributed by atoms with E-state index in [1.54, 1.807) is 14.2 Å². The van der Waals surface area contributed by atoms with Gasteiger partial charge >= 0.3 is 0 Å². The Labute approximate surface area is 274 Å². The van der Waals surface area contributed by atoms with Crippen LogP contribution < -0.4 is 16.0 Å². The minimum atomic E-state index is -1.10. The summed E-state index contributed by atoms with van der Waals surface area (Å²) < 4.78 is 14.0. The van der Waals surface area contributed by atoms with E-state index in [1.165, 1.54) is 19.6 Å². The van der Waals surface area contributed by atoms with Crippen molar-refractivity contribution in [2.24, 2.45) is 11.3 Å². The molecule has 0 aliphatic rings. The third-order valence-electron chi connectivity index (χ3n) is 5.24. The van der Waals surface area contributed by atoms with Gasteiger partial charge in [-0.25, -0.2) is 0 Å². The largest absolute Gasteiger partial charge is 0.388 e. The Hall–Kier alpha value is -2.83. The standard InChI is InChI=1S/C22H36N4O7.C3H8.C2H6O.3C2H6/c1-7-22(4,5)19(29)15(8-13(2)3)24-18(28)10-23-20(30)17(12-32-6)25-21(31)16-9-14(11-27)33-26-16;2*1-3-2;3*1-2/h9,13,15,17,27H,7-8,10-12H2,1-6H3,(H,23,30)(H,24,28)(H,25,31);3H2,1-2H3;1-2H3;3*1-2H3/t15-,17?;;;;;/m0...../s1. The van der Waals surface area contributed by atoms with Gasteiger partial charge in [-0.05, 0) is 18.8 Å². The number of amides is 3. The molecule has 45 heavy (non-hydrogen) atoms. The molecule has 12 heteroatoms. The number of ketones is 1. The van der Waals surface area contributed by atoms with E-state index in [0.717, 1.165) is 0 Å². The molecule has 0 bridgehead atoms. The molecule has 1 aromatic rings. The number of nitrogens with zero attached hydrogens (tertiary/aromatic N) is 1. The van der Waals surface area contributed by atoms with Crippen molar-refractivity contribution in [1.29, 1.82) is 0 Å². The number of nitrogens with one attached hydrogen (secondary N) is 3. The van der Waals surface area contributed by atoms with Crippen LogP contribution >= 0.6 is 0 Å². The summed E-state index contributed by atoms with van der Waals surface area (Å²) in [4.78, 5) is 50.2. The monoisotopic (exact) mass is 649 g/mol. The van der Waals surface area contributed by atoms with Crippen molar-refractivity contribution in [3.05, 3.63) is 17.5 Å². The summed E-state index contributed by atoms with van der Waals surface area (Å²) in [7, 11) is 4.61. The van der Waals surface area contributed by atoms with Crippen molar-refractivity contribution >= 4 is 23.5 Å². The summed E-state index contributed by atoms with van der Waals surface area (Å²) in [6.45, 7) is 24.8. The van der Waals surface area contributed by atoms with Crippen LogP contribution in [0.1, 0.15) is 126 Å². The predicted octanol–water partition coefficient (Wildman–Crippen LogP) is 5.32. The number of hydrogen-bond acceptors (Lipinski definition) is 9. The fourth-order valence-electron chi connectivity index (χ4n) is 2.96. The molecule has 1 heterocycles. The first-order valence-corrected chi connectivity index (χ1v) is 16.2. The van der Waals surface area contributed by atoms with Gasteiger partial charge in [-0.1, -0.05) is 102 Å². The van der Waals surface area contributed by atoms with Crippen molar-refractivity contribution in [2.75, 3.05) is 34.5 Å². The Bertz CT molecular complexity index is 856. The van der Waals surface area contributed by atoms with Gasteiger partial charge in [-0.15, -0.1) is 0 Å². The van der Waals surface area contributed by atoms with Crippen LogP contribution in [-0.4, -0.2) is 80.3 Å². The van der Waals surface area contributed by atoms with Crippen LogP contribution in [0.25, 0.3) is 0 Å². The molecule has 0 aliphatic heterocycles. The lowest BCUT2D eigenvalue weighted by Gasteiger charge is -2.29. The molecule has 1 aromatic heterocycles. The second kappa shape index (κ2) is 34.1. The number of carbonyl (C=O) groups is 4. The molecule has 0 aliphatic carbocycles. The van der Waals surface area contributed by atoms with Crippen molar-refractivity contribution < 1.29 is 38.3 Å². The van der Waals surface area contributed by atoms with Crippen LogP contribution in [0.3, 0.4) is 0 Å². The van der Waals surface area contributed by atoms with Crippen LogP contribution in [0.15, 0.2) is 10.6 Å². The SMILES string of the molecule is CC.CC.CC.CCC.CCC(C)(C)C(=O)[C@H](CC(C)C)NC(=O)CNC(=O)C(COC)NC(=O)c1cc(CO)on1.COC. The van der Waals surface area contributed by atoms with E-state index >= 15 is 0 Å². The summed E-state index contributed by atoms with van der Waals surface area (Å²) >= 11 is 0. The maximum atomic E-state index is 12.9. The third-order valence-corrected chi connectivity index (χ3v) is 5.24. The van der Waals surface area contributed by atoms with Crippen molar-refractivity contribution in [2.45, 2.75) is 128 Å². The molecule has 268 valence electrons. The molecule has 12 nitrogen and oxygen atoms in total. The molecule has 2 atom stereocenters. The zero-order chi connectivity index (χ0) is 36.6. The molecule has 0 radical (unpaired) electrons. The number of ether oxygens (including phenoxy) is 2. The van der Waals surface area contributed by atoms with Crippen molar-refractivity contribution in [1.82, 2.24) is 21.1 Å². The normalized spacial score (nSPS) is 11.0. The van der Waals surface area contributed by atoms with Crippen LogP contribution in [0, 0.1) is 11.3 Å². The van der Waals surface area contributed by atoms with E-state index in [9.17, 15) is 19.2 Å². The number of aliphatic hydroxyl groups excluding tert-OH is 1. The average Bonchev–Trinajstić information content (AvgIpc) is 3.52. The van der Waals surface area contributed by atoms with Gasteiger partial charge in [-0.2, -0.15) is 0 Å². The molecule has 3 amide bonds. The molecular formula is C33H68N4O8. The van der Waals surface area contributed by atoms with Gasteiger partial charge in [0.2, 0.25) is 11.8 Å². The van der Waals surface area contributed by atoms with E-state index in [2.05, 4.69) is 39.7 Å². The molecule has 0 fully saturated rings. The number of methoxy groups -OCH3 is 2. The molecule has 0 aromatic carbocycles. The van der Waals surface area contributed by atoms with E-state index < -0.39 is 41.8 Å². The van der Waals surface area contributed by atoms with Gasteiger partial charge in [0, 0.05) is 32.8 Å². The van der Waals surface area contributed by atoms with Crippen LogP contribution in [0.4, 0.5) is 0 Å². The van der Waals surface area contributed by atoms with Gasteiger partial charge in [0.1, 0.15) is 12.6 Å². The third kappa shape index (κ3) is 26.1. The molecule has 0 saturated carbocycles. The average molecular weight is 649 g/mol. The summed E-state index contributed by atoms with van der Waals surface area (Å²) in [5.41, 5.74) is -0.694. The molecule has 1 rings (SSSR count). The summed E-state index contributed by atoms with van der Waals surface area (Å²) in [5.74, 6) is -1.64. The molecule has 0 spiro atoms. The van der Waals surface area contributed by atoms with E-state index in [0.29, 0.717) is 12.8 Å². The zero-order valence-electron chi connectivity index (χ0n) is 31.3. The number of carbonyl (C=O) groups excluding carboxylic acids is 4. The summed E-state index contributed by atoms with van der Waals surface area (Å²) in [5, 5.41) is 20.1. The van der Waals surface area contributed by atoms with Gasteiger partial charge in [0.15, 0.2) is 17.2 Å². The maximum Gasteiger partial charge on any atom is 0.274 e. The summed E-state index contributed by atoms with van der Waals surface area (Å²) in [6, 6.07) is -0.516. The highest BCUT2D eigenvalue weighted by Gasteiger charge is 2.33. The maximum absolute atomic E-state index is 12.9. The number of Topliss-reactive ketones (excluding diaryl/α,β-unsaturated/α-hetero) is 1. The first-order chi connectivity index (χ1) is 21.3.